The van der Waals surface area contributed by atoms with Gasteiger partial charge in [-0.15, -0.1) is 16.4 Å². The Balaban J connectivity index is 1.54. The van der Waals surface area contributed by atoms with E-state index in [0.29, 0.717) is 0 Å². The van der Waals surface area contributed by atoms with Crippen LogP contribution in [0.15, 0.2) is 11.6 Å². The van der Waals surface area contributed by atoms with Crippen LogP contribution in [0.4, 0.5) is 4.79 Å². The minimum Gasteiger partial charge on any atom is -0.335 e. The van der Waals surface area contributed by atoms with Gasteiger partial charge in [-0.3, -0.25) is 4.68 Å². The van der Waals surface area contributed by atoms with Crippen molar-refractivity contribution < 1.29 is 4.79 Å². The molecule has 0 saturated carbocycles. The van der Waals surface area contributed by atoms with Crippen molar-refractivity contribution in [2.45, 2.75) is 38.3 Å². The van der Waals surface area contributed by atoms with Crippen molar-refractivity contribution in [2.75, 3.05) is 0 Å². The molecule has 3 rings (SSSR count). The van der Waals surface area contributed by atoms with Gasteiger partial charge in [-0.05, 0) is 19.8 Å². The second-order valence-electron chi connectivity index (χ2n) is 5.26. The number of aryl methyl sites for hydroxylation is 1. The molecule has 1 aliphatic rings. The predicted octanol–water partition coefficient (Wildman–Crippen LogP) is 1.19. The van der Waals surface area contributed by atoms with E-state index >= 15 is 0 Å². The summed E-state index contributed by atoms with van der Waals surface area (Å²) in [6, 6.07) is -0.131. The van der Waals surface area contributed by atoms with E-state index < -0.39 is 0 Å². The molecule has 1 aliphatic carbocycles. The average Bonchev–Trinajstić information content (AvgIpc) is 3.09. The van der Waals surface area contributed by atoms with Crippen molar-refractivity contribution in [1.82, 2.24) is 30.6 Å². The van der Waals surface area contributed by atoms with E-state index in [1.807, 2.05) is 24.0 Å². The van der Waals surface area contributed by atoms with Crippen LogP contribution in [0.1, 0.15) is 35.8 Å². The zero-order chi connectivity index (χ0) is 14.8. The quantitative estimate of drug-likeness (QED) is 0.892. The molecule has 2 atom stereocenters. The highest BCUT2D eigenvalue weighted by Gasteiger charge is 2.24. The topological polar surface area (TPSA) is 84.7 Å². The first-order valence-electron chi connectivity index (χ1n) is 6.97. The smallest absolute Gasteiger partial charge is 0.315 e. The molecule has 0 saturated heterocycles. The molecule has 112 valence electrons. The fraction of sp³-hybridized carbons (Fsp3) is 0.538. The SMILES string of the molecule is C[C@H](NC(=O)NC1CCc2c(nnn2C)C1)c1nccs1. The predicted molar refractivity (Wildman–Crippen MR) is 79.0 cm³/mol. The number of amides is 2. The van der Waals surface area contributed by atoms with E-state index in [0.717, 1.165) is 30.0 Å². The fourth-order valence-electron chi connectivity index (χ4n) is 2.59. The van der Waals surface area contributed by atoms with Gasteiger partial charge in [0.1, 0.15) is 5.01 Å². The van der Waals surface area contributed by atoms with E-state index in [1.54, 1.807) is 6.20 Å². The summed E-state index contributed by atoms with van der Waals surface area (Å²) < 4.78 is 1.82. The number of thiazole rings is 1. The van der Waals surface area contributed by atoms with Crippen LogP contribution in [0.2, 0.25) is 0 Å². The highest BCUT2D eigenvalue weighted by molar-refractivity contribution is 7.09. The zero-order valence-corrected chi connectivity index (χ0v) is 12.9. The summed E-state index contributed by atoms with van der Waals surface area (Å²) in [4.78, 5) is 16.3. The van der Waals surface area contributed by atoms with Crippen LogP contribution in [0, 0.1) is 0 Å². The molecule has 2 N–H and O–H groups in total. The summed E-state index contributed by atoms with van der Waals surface area (Å²) in [6.45, 7) is 1.93. The number of carbonyl (C=O) groups excluding carboxylic acids is 1. The third kappa shape index (κ3) is 3.05. The Morgan fingerprint density at radius 3 is 3.19 bits per heavy atom. The lowest BCUT2D eigenvalue weighted by Crippen LogP contribution is -2.45. The maximum absolute atomic E-state index is 12.0. The number of nitrogens with zero attached hydrogens (tertiary/aromatic N) is 4. The Labute approximate surface area is 126 Å². The number of rotatable bonds is 3. The summed E-state index contributed by atoms with van der Waals surface area (Å²) in [5.41, 5.74) is 2.16. The normalized spacial score (nSPS) is 18.9. The summed E-state index contributed by atoms with van der Waals surface area (Å²) in [7, 11) is 1.90. The Hall–Kier alpha value is -1.96. The van der Waals surface area contributed by atoms with E-state index in [1.165, 1.54) is 17.0 Å². The van der Waals surface area contributed by atoms with Crippen molar-refractivity contribution in [1.29, 1.82) is 0 Å². The number of hydrogen-bond donors (Lipinski definition) is 2. The molecule has 0 bridgehead atoms. The van der Waals surface area contributed by atoms with Crippen LogP contribution in [0.3, 0.4) is 0 Å². The molecule has 2 heterocycles. The molecule has 2 aromatic heterocycles. The lowest BCUT2D eigenvalue weighted by Gasteiger charge is -2.23. The summed E-state index contributed by atoms with van der Waals surface area (Å²) in [5.74, 6) is 0. The molecule has 1 unspecified atom stereocenters. The molecular weight excluding hydrogens is 288 g/mol. The largest absolute Gasteiger partial charge is 0.335 e. The fourth-order valence-corrected chi connectivity index (χ4v) is 3.23. The molecule has 8 heteroatoms. The Morgan fingerprint density at radius 2 is 2.43 bits per heavy atom. The van der Waals surface area contributed by atoms with E-state index in [2.05, 4.69) is 25.9 Å². The molecule has 2 amide bonds. The maximum Gasteiger partial charge on any atom is 0.315 e. The van der Waals surface area contributed by atoms with Gasteiger partial charge in [0, 0.05) is 31.1 Å². The van der Waals surface area contributed by atoms with Gasteiger partial charge in [-0.25, -0.2) is 9.78 Å². The van der Waals surface area contributed by atoms with Gasteiger partial charge in [0.2, 0.25) is 0 Å². The van der Waals surface area contributed by atoms with Gasteiger partial charge in [-0.2, -0.15) is 0 Å². The van der Waals surface area contributed by atoms with Crippen LogP contribution in [-0.4, -0.2) is 32.1 Å². The van der Waals surface area contributed by atoms with E-state index in [9.17, 15) is 4.79 Å². The molecule has 0 radical (unpaired) electrons. The minimum absolute atomic E-state index is 0.0827. The van der Waals surface area contributed by atoms with Crippen molar-refractivity contribution >= 4 is 17.4 Å². The first-order chi connectivity index (χ1) is 10.1. The van der Waals surface area contributed by atoms with Crippen LogP contribution >= 0.6 is 11.3 Å². The third-order valence-electron chi connectivity index (χ3n) is 3.70. The molecule has 0 spiro atoms. The highest BCUT2D eigenvalue weighted by atomic mass is 32.1. The van der Waals surface area contributed by atoms with Crippen LogP contribution in [0.5, 0.6) is 0 Å². The minimum atomic E-state index is -0.157. The van der Waals surface area contributed by atoms with Gasteiger partial charge in [0.05, 0.1) is 17.4 Å². The summed E-state index contributed by atoms with van der Waals surface area (Å²) in [6.07, 6.45) is 4.29. The van der Waals surface area contributed by atoms with Gasteiger partial charge < -0.3 is 10.6 Å². The Morgan fingerprint density at radius 1 is 1.57 bits per heavy atom. The first kappa shape index (κ1) is 14.0. The van der Waals surface area contributed by atoms with Crippen molar-refractivity contribution in [3.63, 3.8) is 0 Å². The van der Waals surface area contributed by atoms with Gasteiger partial charge in [-0.1, -0.05) is 5.21 Å². The summed E-state index contributed by atoms with van der Waals surface area (Å²) in [5, 5.41) is 16.9. The number of hydrogen-bond acceptors (Lipinski definition) is 5. The van der Waals surface area contributed by atoms with E-state index in [-0.39, 0.29) is 18.1 Å². The molecule has 0 aromatic carbocycles. The molecule has 7 nitrogen and oxygen atoms in total. The Bertz CT molecular complexity index is 623. The highest BCUT2D eigenvalue weighted by Crippen LogP contribution is 2.19. The zero-order valence-electron chi connectivity index (χ0n) is 12.0. The molecule has 0 fully saturated rings. The van der Waals surface area contributed by atoms with Crippen LogP contribution in [-0.2, 0) is 19.9 Å². The molecule has 0 aliphatic heterocycles. The van der Waals surface area contributed by atoms with E-state index in [4.69, 9.17) is 0 Å². The average molecular weight is 306 g/mol. The molecule has 2 aromatic rings. The number of fused-ring (bicyclic) bond motifs is 1. The summed E-state index contributed by atoms with van der Waals surface area (Å²) >= 11 is 1.54. The van der Waals surface area contributed by atoms with Crippen molar-refractivity contribution in [3.8, 4) is 0 Å². The van der Waals surface area contributed by atoms with Crippen molar-refractivity contribution in [2.24, 2.45) is 7.05 Å². The first-order valence-corrected chi connectivity index (χ1v) is 7.85. The third-order valence-corrected chi connectivity index (χ3v) is 4.66. The second kappa shape index (κ2) is 5.80. The number of carbonyl (C=O) groups is 1. The van der Waals surface area contributed by atoms with Gasteiger partial charge >= 0.3 is 6.03 Å². The van der Waals surface area contributed by atoms with Crippen molar-refractivity contribution in [3.05, 3.63) is 28.0 Å². The number of nitrogens with one attached hydrogen (secondary N) is 2. The number of urea groups is 1. The molecule has 21 heavy (non-hydrogen) atoms. The standard InChI is InChI=1S/C13H18N6OS/c1-8(12-14-5-6-21-12)15-13(20)16-9-3-4-11-10(7-9)17-18-19(11)2/h5-6,8-9H,3-4,7H2,1-2H3,(H2,15,16,20)/t8-,9?/m0/s1. The second-order valence-corrected chi connectivity index (χ2v) is 6.18. The maximum atomic E-state index is 12.0. The number of aromatic nitrogens is 4. The lowest BCUT2D eigenvalue weighted by molar-refractivity contribution is 0.232. The Kier molecular flexibility index (Phi) is 3.87. The van der Waals surface area contributed by atoms with Crippen LogP contribution < -0.4 is 10.6 Å². The van der Waals surface area contributed by atoms with Gasteiger partial charge in [0.15, 0.2) is 0 Å². The van der Waals surface area contributed by atoms with Gasteiger partial charge in [0.25, 0.3) is 0 Å². The molecular formula is C13H18N6OS. The van der Waals surface area contributed by atoms with Crippen LogP contribution in [0.25, 0.3) is 0 Å². The monoisotopic (exact) mass is 306 g/mol. The lowest BCUT2D eigenvalue weighted by atomic mass is 9.96.